The fourth-order valence-electron chi connectivity index (χ4n) is 2.42. The van der Waals surface area contributed by atoms with Crippen molar-refractivity contribution in [3.8, 4) is 0 Å². The number of halogens is 2. The molecular formula is C18H23Cl2N3O3. The maximum atomic E-state index is 13.0. The average molecular weight is 400 g/mol. The Balaban J connectivity index is 2.49. The van der Waals surface area contributed by atoms with E-state index < -0.39 is 23.7 Å². The lowest BCUT2D eigenvalue weighted by Gasteiger charge is -2.30. The minimum Gasteiger partial charge on any atom is -0.458 e. The molecule has 0 amide bonds. The second-order valence-electron chi connectivity index (χ2n) is 6.81. The topological polar surface area (TPSA) is 66.2 Å². The van der Waals surface area contributed by atoms with Gasteiger partial charge < -0.3 is 9.47 Å². The van der Waals surface area contributed by atoms with Crippen molar-refractivity contribution in [1.29, 1.82) is 0 Å². The van der Waals surface area contributed by atoms with E-state index in [4.69, 9.17) is 32.7 Å². The Labute approximate surface area is 163 Å². The lowest BCUT2D eigenvalue weighted by molar-refractivity contribution is -0.165. The van der Waals surface area contributed by atoms with Crippen LogP contribution in [-0.4, -0.2) is 32.9 Å². The molecule has 8 heteroatoms. The van der Waals surface area contributed by atoms with E-state index in [0.717, 1.165) is 6.42 Å². The monoisotopic (exact) mass is 399 g/mol. The van der Waals surface area contributed by atoms with Gasteiger partial charge >= 0.3 is 5.97 Å². The molecule has 2 aromatic rings. The highest BCUT2D eigenvalue weighted by atomic mass is 35.5. The molecule has 0 bridgehead atoms. The van der Waals surface area contributed by atoms with Crippen LogP contribution in [0.25, 0.3) is 0 Å². The lowest BCUT2D eigenvalue weighted by Crippen LogP contribution is -2.35. The number of benzene rings is 1. The number of carbonyl (C=O) groups is 1. The molecule has 1 aromatic heterocycles. The van der Waals surface area contributed by atoms with Crippen LogP contribution in [-0.2, 0) is 14.3 Å². The number of aromatic nitrogens is 3. The number of nitrogens with zero attached hydrogens (tertiary/aromatic N) is 3. The van der Waals surface area contributed by atoms with Crippen molar-refractivity contribution in [2.45, 2.75) is 51.9 Å². The van der Waals surface area contributed by atoms with Gasteiger partial charge in [0.1, 0.15) is 24.4 Å². The predicted molar refractivity (Wildman–Crippen MR) is 100 cm³/mol. The Morgan fingerprint density at radius 2 is 2.04 bits per heavy atom. The second kappa shape index (κ2) is 8.84. The summed E-state index contributed by atoms with van der Waals surface area (Å²) in [7, 11) is 0. The zero-order valence-electron chi connectivity index (χ0n) is 15.3. The van der Waals surface area contributed by atoms with Gasteiger partial charge in [0.15, 0.2) is 6.04 Å². The SMILES string of the molecule is CCCOC(c1ccc(Cl)cc1Cl)C(C(=O)OC(C)(C)C)n1cncn1. The molecule has 6 nitrogen and oxygen atoms in total. The summed E-state index contributed by atoms with van der Waals surface area (Å²) in [5, 5.41) is 5.04. The van der Waals surface area contributed by atoms with E-state index in [1.165, 1.54) is 17.3 Å². The van der Waals surface area contributed by atoms with E-state index in [1.54, 1.807) is 39.0 Å². The third-order valence-electron chi connectivity index (χ3n) is 3.43. The first-order valence-corrected chi connectivity index (χ1v) is 9.12. The van der Waals surface area contributed by atoms with E-state index in [1.807, 2.05) is 6.92 Å². The number of hydrogen-bond donors (Lipinski definition) is 0. The quantitative estimate of drug-likeness (QED) is 0.634. The van der Waals surface area contributed by atoms with Crippen molar-refractivity contribution in [2.75, 3.05) is 6.61 Å². The van der Waals surface area contributed by atoms with E-state index in [-0.39, 0.29) is 0 Å². The van der Waals surface area contributed by atoms with Gasteiger partial charge in [-0.3, -0.25) is 0 Å². The minimum atomic E-state index is -0.873. The molecule has 26 heavy (non-hydrogen) atoms. The third kappa shape index (κ3) is 5.43. The van der Waals surface area contributed by atoms with Crippen molar-refractivity contribution >= 4 is 29.2 Å². The molecule has 2 rings (SSSR count). The molecular weight excluding hydrogens is 377 g/mol. The Kier molecular flexibility index (Phi) is 7.03. The fraction of sp³-hybridized carbons (Fsp3) is 0.500. The molecule has 1 heterocycles. The molecule has 0 fully saturated rings. The van der Waals surface area contributed by atoms with Gasteiger partial charge in [-0.1, -0.05) is 36.2 Å². The highest BCUT2D eigenvalue weighted by Gasteiger charge is 2.37. The predicted octanol–water partition coefficient (Wildman–Crippen LogP) is 4.64. The van der Waals surface area contributed by atoms with Crippen LogP contribution >= 0.6 is 23.2 Å². The summed E-state index contributed by atoms with van der Waals surface area (Å²) in [4.78, 5) is 16.9. The Bertz CT molecular complexity index is 730. The lowest BCUT2D eigenvalue weighted by atomic mass is 10.0. The van der Waals surface area contributed by atoms with Gasteiger partial charge in [-0.25, -0.2) is 14.5 Å². The number of esters is 1. The fourth-order valence-corrected chi connectivity index (χ4v) is 2.94. The van der Waals surface area contributed by atoms with Gasteiger partial charge in [-0.2, -0.15) is 5.10 Å². The molecule has 0 aliphatic heterocycles. The van der Waals surface area contributed by atoms with Crippen LogP contribution in [0.1, 0.15) is 51.8 Å². The Morgan fingerprint density at radius 1 is 1.31 bits per heavy atom. The smallest absolute Gasteiger partial charge is 0.334 e. The Morgan fingerprint density at radius 3 is 2.58 bits per heavy atom. The van der Waals surface area contributed by atoms with Crippen molar-refractivity contribution in [3.05, 3.63) is 46.5 Å². The molecule has 0 N–H and O–H groups in total. The summed E-state index contributed by atoms with van der Waals surface area (Å²) in [6.07, 6.45) is 2.90. The van der Waals surface area contributed by atoms with Crippen LogP contribution in [0, 0.1) is 0 Å². The molecule has 0 radical (unpaired) electrons. The first-order valence-electron chi connectivity index (χ1n) is 8.36. The molecule has 0 aliphatic rings. The van der Waals surface area contributed by atoms with Gasteiger partial charge in [-0.15, -0.1) is 0 Å². The minimum absolute atomic E-state index is 0.410. The molecule has 0 saturated heterocycles. The summed E-state index contributed by atoms with van der Waals surface area (Å²) in [6, 6.07) is 4.20. The van der Waals surface area contributed by atoms with E-state index in [0.29, 0.717) is 22.2 Å². The average Bonchev–Trinajstić information content (AvgIpc) is 3.04. The maximum absolute atomic E-state index is 13.0. The molecule has 2 unspecified atom stereocenters. The van der Waals surface area contributed by atoms with Crippen LogP contribution in [0.5, 0.6) is 0 Å². The van der Waals surface area contributed by atoms with Gasteiger partial charge in [-0.05, 0) is 39.3 Å². The maximum Gasteiger partial charge on any atom is 0.334 e. The zero-order valence-corrected chi connectivity index (χ0v) is 16.8. The molecule has 0 saturated carbocycles. The van der Waals surface area contributed by atoms with Crippen LogP contribution < -0.4 is 0 Å². The molecule has 142 valence electrons. The first kappa shape index (κ1) is 20.7. The number of carbonyl (C=O) groups excluding carboxylic acids is 1. The van der Waals surface area contributed by atoms with Crippen molar-refractivity contribution in [2.24, 2.45) is 0 Å². The summed E-state index contributed by atoms with van der Waals surface area (Å²) in [5.74, 6) is -0.477. The van der Waals surface area contributed by atoms with Crippen molar-refractivity contribution < 1.29 is 14.3 Å². The van der Waals surface area contributed by atoms with E-state index in [9.17, 15) is 4.79 Å². The Hall–Kier alpha value is -1.63. The van der Waals surface area contributed by atoms with Gasteiger partial charge in [0, 0.05) is 22.2 Å². The van der Waals surface area contributed by atoms with E-state index >= 15 is 0 Å². The molecule has 0 aliphatic carbocycles. The summed E-state index contributed by atoms with van der Waals surface area (Å²) >= 11 is 12.4. The van der Waals surface area contributed by atoms with Gasteiger partial charge in [0.05, 0.1) is 0 Å². The standard InChI is InChI=1S/C18H23Cl2N3O3/c1-5-8-25-16(13-7-6-12(19)9-14(13)20)15(23-11-21-10-22-23)17(24)26-18(2,3)4/h6-7,9-11,15-16H,5,8H2,1-4H3. The molecule has 0 spiro atoms. The van der Waals surface area contributed by atoms with E-state index in [2.05, 4.69) is 10.1 Å². The highest BCUT2D eigenvalue weighted by molar-refractivity contribution is 6.35. The van der Waals surface area contributed by atoms with Crippen LogP contribution in [0.2, 0.25) is 10.0 Å². The van der Waals surface area contributed by atoms with Gasteiger partial charge in [0.2, 0.25) is 0 Å². The highest BCUT2D eigenvalue weighted by Crippen LogP contribution is 2.37. The second-order valence-corrected chi connectivity index (χ2v) is 7.65. The number of rotatable bonds is 7. The normalized spacial score (nSPS) is 14.1. The largest absolute Gasteiger partial charge is 0.458 e. The van der Waals surface area contributed by atoms with Crippen molar-refractivity contribution in [3.63, 3.8) is 0 Å². The number of ether oxygens (including phenoxy) is 2. The third-order valence-corrected chi connectivity index (χ3v) is 3.99. The zero-order chi connectivity index (χ0) is 19.3. The van der Waals surface area contributed by atoms with Gasteiger partial charge in [0.25, 0.3) is 0 Å². The summed E-state index contributed by atoms with van der Waals surface area (Å²) in [5.41, 5.74) is -0.0227. The molecule has 2 atom stereocenters. The van der Waals surface area contributed by atoms with Crippen molar-refractivity contribution in [1.82, 2.24) is 14.8 Å². The van der Waals surface area contributed by atoms with Crippen LogP contribution in [0.3, 0.4) is 0 Å². The number of hydrogen-bond acceptors (Lipinski definition) is 5. The first-order chi connectivity index (χ1) is 12.2. The summed E-state index contributed by atoms with van der Waals surface area (Å²) in [6.45, 7) is 7.84. The van der Waals surface area contributed by atoms with Crippen LogP contribution in [0.4, 0.5) is 0 Å². The summed E-state index contributed by atoms with van der Waals surface area (Å²) < 4.78 is 13.0. The molecule has 1 aromatic carbocycles. The van der Waals surface area contributed by atoms with Crippen LogP contribution in [0.15, 0.2) is 30.9 Å².